The Kier molecular flexibility index (Phi) is 7.47. The Morgan fingerprint density at radius 3 is 2.17 bits per heavy atom. The molecule has 5 rings (SSSR count). The molecule has 0 spiro atoms. The molecule has 1 unspecified atom stereocenters. The molecule has 40 heavy (non-hydrogen) atoms. The third-order valence-electron chi connectivity index (χ3n) is 7.84. The molecule has 1 N–H and O–H groups in total. The van der Waals surface area contributed by atoms with Gasteiger partial charge in [-0.1, -0.05) is 12.1 Å². The highest BCUT2D eigenvalue weighted by molar-refractivity contribution is 5.96. The van der Waals surface area contributed by atoms with Crippen LogP contribution in [-0.2, 0) is 26.6 Å². The number of likely N-dealkylation sites (tertiary alicyclic amines) is 1. The zero-order chi connectivity index (χ0) is 29.0. The normalized spacial score (nSPS) is 28.0. The number of carbonyl (C=O) groups is 1. The zero-order valence-electron chi connectivity index (χ0n) is 21.2. The van der Waals surface area contributed by atoms with Gasteiger partial charge in [-0.3, -0.25) is 4.79 Å². The molecule has 12 heteroatoms. The summed E-state index contributed by atoms with van der Waals surface area (Å²) in [6, 6.07) is 6.92. The van der Waals surface area contributed by atoms with Crippen LogP contribution in [0.15, 0.2) is 54.2 Å². The summed E-state index contributed by atoms with van der Waals surface area (Å²) in [5.74, 6) is -1.61. The van der Waals surface area contributed by atoms with E-state index in [4.69, 9.17) is 9.47 Å². The monoisotopic (exact) mass is 573 g/mol. The second-order valence-corrected chi connectivity index (χ2v) is 10.5. The van der Waals surface area contributed by atoms with Gasteiger partial charge in [0.1, 0.15) is 11.9 Å². The standard InChI is InChI=1S/C28H26F7NO4/c1-14(16-6-18(27(30,31)32)8-19(7-16)28(33,34)35)40-26-25(15-2-4-20(29)5-3-15)22-12-36(11-17(22)13-39-26)21-9-23(37)24(38)10-21/h2-9,14,17,22,24-26,38H,10-13H2,1H3/t14-,17+,22-,24?,25+,26-/m1/s1. The fourth-order valence-corrected chi connectivity index (χ4v) is 5.78. The molecule has 0 saturated carbocycles. The van der Waals surface area contributed by atoms with Gasteiger partial charge in [-0.25, -0.2) is 4.39 Å². The van der Waals surface area contributed by atoms with Gasteiger partial charge in [-0.05, 0) is 54.3 Å². The number of hydrogen-bond acceptors (Lipinski definition) is 5. The van der Waals surface area contributed by atoms with Crippen LogP contribution in [0, 0.1) is 17.7 Å². The van der Waals surface area contributed by atoms with Crippen LogP contribution < -0.4 is 0 Å². The van der Waals surface area contributed by atoms with E-state index in [1.54, 1.807) is 12.1 Å². The largest absolute Gasteiger partial charge is 0.416 e. The quantitative estimate of drug-likeness (QED) is 0.456. The van der Waals surface area contributed by atoms with E-state index >= 15 is 0 Å². The van der Waals surface area contributed by atoms with E-state index in [0.29, 0.717) is 36.5 Å². The third-order valence-corrected chi connectivity index (χ3v) is 7.84. The number of aliphatic hydroxyl groups is 1. The summed E-state index contributed by atoms with van der Waals surface area (Å²) in [6.07, 6.45) is -11.8. The number of alkyl halides is 6. The van der Waals surface area contributed by atoms with Crippen LogP contribution in [0.3, 0.4) is 0 Å². The zero-order valence-corrected chi connectivity index (χ0v) is 21.2. The van der Waals surface area contributed by atoms with Crippen molar-refractivity contribution < 1.29 is 50.1 Å². The highest BCUT2D eigenvalue weighted by Gasteiger charge is 2.48. The number of nitrogens with zero attached hydrogens (tertiary/aromatic N) is 1. The molecule has 2 heterocycles. The number of benzene rings is 2. The molecule has 1 aliphatic carbocycles. The van der Waals surface area contributed by atoms with Gasteiger partial charge in [0.2, 0.25) is 0 Å². The van der Waals surface area contributed by atoms with Crippen molar-refractivity contribution in [2.24, 2.45) is 11.8 Å². The van der Waals surface area contributed by atoms with E-state index in [9.17, 15) is 40.6 Å². The smallest absolute Gasteiger partial charge is 0.385 e. The van der Waals surface area contributed by atoms with Crippen LogP contribution >= 0.6 is 0 Å². The lowest BCUT2D eigenvalue weighted by Gasteiger charge is -2.40. The van der Waals surface area contributed by atoms with Crippen LogP contribution in [0.1, 0.15) is 47.6 Å². The van der Waals surface area contributed by atoms with Gasteiger partial charge in [0, 0.05) is 43.1 Å². The minimum absolute atomic E-state index is 0.0515. The average molecular weight is 574 g/mol. The van der Waals surface area contributed by atoms with Gasteiger partial charge >= 0.3 is 12.4 Å². The van der Waals surface area contributed by atoms with Crippen LogP contribution in [-0.4, -0.2) is 47.9 Å². The SMILES string of the molecule is C[C@@H](O[C@H]1OC[C@@H]2CN(C3=CC(=O)C(O)C3)C[C@H]2[C@@H]1c1ccc(F)cc1)c1cc(C(F)(F)F)cc(C(F)(F)F)c1. The summed E-state index contributed by atoms with van der Waals surface area (Å²) < 4.78 is 106. The minimum atomic E-state index is -5.00. The first-order valence-corrected chi connectivity index (χ1v) is 12.7. The number of ether oxygens (including phenoxy) is 2. The first-order valence-electron chi connectivity index (χ1n) is 12.7. The number of halogens is 7. The molecule has 0 amide bonds. The van der Waals surface area contributed by atoms with E-state index in [1.165, 1.54) is 25.1 Å². The Morgan fingerprint density at radius 2 is 1.62 bits per heavy atom. The maximum absolute atomic E-state index is 13.7. The van der Waals surface area contributed by atoms with Crippen molar-refractivity contribution in [2.45, 2.75) is 50.1 Å². The minimum Gasteiger partial charge on any atom is -0.385 e. The summed E-state index contributed by atoms with van der Waals surface area (Å²) in [5, 5.41) is 9.88. The predicted molar refractivity (Wildman–Crippen MR) is 127 cm³/mol. The highest BCUT2D eigenvalue weighted by Crippen LogP contribution is 2.46. The van der Waals surface area contributed by atoms with Gasteiger partial charge in [-0.15, -0.1) is 0 Å². The first-order chi connectivity index (χ1) is 18.7. The molecular weight excluding hydrogens is 547 g/mol. The molecule has 0 bridgehead atoms. The van der Waals surface area contributed by atoms with Gasteiger partial charge < -0.3 is 19.5 Å². The fraction of sp³-hybridized carbons (Fsp3) is 0.464. The lowest BCUT2D eigenvalue weighted by Crippen LogP contribution is -2.42. The Labute approximate surface area is 225 Å². The van der Waals surface area contributed by atoms with Crippen molar-refractivity contribution >= 4 is 5.78 Å². The summed E-state index contributed by atoms with van der Waals surface area (Å²) in [6.45, 7) is 2.50. The topological polar surface area (TPSA) is 59.0 Å². The van der Waals surface area contributed by atoms with Crippen LogP contribution in [0.2, 0.25) is 0 Å². The molecule has 0 aromatic heterocycles. The molecule has 2 fully saturated rings. The maximum Gasteiger partial charge on any atom is 0.416 e. The predicted octanol–water partition coefficient (Wildman–Crippen LogP) is 5.85. The van der Waals surface area contributed by atoms with E-state index in [1.807, 2.05) is 4.90 Å². The molecule has 216 valence electrons. The molecule has 0 radical (unpaired) electrons. The fourth-order valence-electron chi connectivity index (χ4n) is 5.78. The van der Waals surface area contributed by atoms with Crippen LogP contribution in [0.4, 0.5) is 30.7 Å². The lowest BCUT2D eigenvalue weighted by molar-refractivity contribution is -0.217. The second-order valence-electron chi connectivity index (χ2n) is 10.5. The van der Waals surface area contributed by atoms with E-state index in [0.717, 1.165) is 0 Å². The van der Waals surface area contributed by atoms with Crippen molar-refractivity contribution in [2.75, 3.05) is 19.7 Å². The Morgan fingerprint density at radius 1 is 1.00 bits per heavy atom. The van der Waals surface area contributed by atoms with Gasteiger partial charge in [0.05, 0.1) is 23.8 Å². The van der Waals surface area contributed by atoms with Gasteiger partial charge in [-0.2, -0.15) is 26.3 Å². The summed E-state index contributed by atoms with van der Waals surface area (Å²) in [4.78, 5) is 13.8. The van der Waals surface area contributed by atoms with Crippen molar-refractivity contribution in [1.82, 2.24) is 4.90 Å². The average Bonchev–Trinajstić information content (AvgIpc) is 3.46. The van der Waals surface area contributed by atoms with E-state index < -0.39 is 53.7 Å². The van der Waals surface area contributed by atoms with Crippen molar-refractivity contribution in [1.29, 1.82) is 0 Å². The molecular formula is C28H26F7NO4. The second kappa shape index (κ2) is 10.5. The Balaban J connectivity index is 1.44. The summed E-state index contributed by atoms with van der Waals surface area (Å²) >= 11 is 0. The van der Waals surface area contributed by atoms with Crippen molar-refractivity contribution in [3.05, 3.63) is 82.3 Å². The molecule has 2 aromatic rings. The van der Waals surface area contributed by atoms with Gasteiger partial charge in [0.15, 0.2) is 12.1 Å². The molecule has 5 nitrogen and oxygen atoms in total. The number of ketones is 1. The van der Waals surface area contributed by atoms with E-state index in [2.05, 4.69) is 0 Å². The Hall–Kier alpha value is -2.96. The molecule has 3 aliphatic rings. The number of hydrogen-bond donors (Lipinski definition) is 1. The van der Waals surface area contributed by atoms with Crippen molar-refractivity contribution in [3.63, 3.8) is 0 Å². The number of rotatable bonds is 5. The van der Waals surface area contributed by atoms with Crippen LogP contribution in [0.25, 0.3) is 0 Å². The van der Waals surface area contributed by atoms with Crippen LogP contribution in [0.5, 0.6) is 0 Å². The van der Waals surface area contributed by atoms with E-state index in [-0.39, 0.29) is 42.3 Å². The lowest BCUT2D eigenvalue weighted by atomic mass is 9.77. The third kappa shape index (κ3) is 5.75. The first kappa shape index (κ1) is 28.6. The molecule has 2 saturated heterocycles. The maximum atomic E-state index is 13.7. The highest BCUT2D eigenvalue weighted by atomic mass is 19.4. The number of aliphatic hydroxyl groups excluding tert-OH is 1. The number of fused-ring (bicyclic) bond motifs is 1. The molecule has 2 aromatic carbocycles. The summed E-state index contributed by atoms with van der Waals surface area (Å²) in [7, 11) is 0. The molecule has 6 atom stereocenters. The molecule has 2 aliphatic heterocycles. The summed E-state index contributed by atoms with van der Waals surface area (Å²) in [5.41, 5.74) is -1.89. The van der Waals surface area contributed by atoms with Crippen molar-refractivity contribution in [3.8, 4) is 0 Å². The van der Waals surface area contributed by atoms with Gasteiger partial charge in [0.25, 0.3) is 0 Å². The Bertz CT molecular complexity index is 1260. The number of carbonyl (C=O) groups excluding carboxylic acids is 1.